The van der Waals surface area contributed by atoms with Crippen molar-refractivity contribution in [1.29, 1.82) is 0 Å². The summed E-state index contributed by atoms with van der Waals surface area (Å²) in [6.07, 6.45) is 3.19. The third-order valence-corrected chi connectivity index (χ3v) is 5.32. The standard InChI is InChI=1S/C20H21N5O4/c1-12-17-18(21-11-22-20(17)29-24-12)25-6-2-3-13(10-25)19(26)23-14-4-5-15-16(9-14)28-8-7-27-15/h4-5,9,11,13H,2-3,6-8,10H2,1H3,(H,23,26)/t13-/m0/s1. The van der Waals surface area contributed by atoms with Crippen LogP contribution in [0.2, 0.25) is 0 Å². The highest BCUT2D eigenvalue weighted by molar-refractivity contribution is 5.94. The lowest BCUT2D eigenvalue weighted by molar-refractivity contribution is -0.120. The number of nitrogens with one attached hydrogen (secondary N) is 1. The molecule has 0 aliphatic carbocycles. The van der Waals surface area contributed by atoms with E-state index in [1.807, 2.05) is 19.1 Å². The minimum absolute atomic E-state index is 0.0151. The Morgan fingerprint density at radius 1 is 1.21 bits per heavy atom. The third kappa shape index (κ3) is 3.32. The van der Waals surface area contributed by atoms with Gasteiger partial charge in [-0.3, -0.25) is 4.79 Å². The maximum Gasteiger partial charge on any atom is 0.263 e. The van der Waals surface area contributed by atoms with E-state index in [0.29, 0.717) is 42.7 Å². The van der Waals surface area contributed by atoms with Crippen LogP contribution in [-0.2, 0) is 4.79 Å². The number of fused-ring (bicyclic) bond motifs is 2. The molecule has 5 rings (SSSR count). The molecule has 0 saturated carbocycles. The van der Waals surface area contributed by atoms with Gasteiger partial charge >= 0.3 is 0 Å². The van der Waals surface area contributed by atoms with Gasteiger partial charge in [-0.25, -0.2) is 4.98 Å². The van der Waals surface area contributed by atoms with Crippen LogP contribution < -0.4 is 19.7 Å². The number of hydrogen-bond donors (Lipinski definition) is 1. The summed E-state index contributed by atoms with van der Waals surface area (Å²) in [5, 5.41) is 7.81. The van der Waals surface area contributed by atoms with Crippen molar-refractivity contribution in [1.82, 2.24) is 15.1 Å². The Labute approximate surface area is 167 Å². The number of aromatic nitrogens is 3. The number of nitrogens with zero attached hydrogens (tertiary/aromatic N) is 4. The molecule has 0 unspecified atom stereocenters. The fraction of sp³-hybridized carbons (Fsp3) is 0.400. The maximum atomic E-state index is 12.9. The van der Waals surface area contributed by atoms with E-state index in [1.165, 1.54) is 6.33 Å². The Morgan fingerprint density at radius 3 is 2.97 bits per heavy atom. The molecule has 0 spiro atoms. The molecule has 1 fully saturated rings. The van der Waals surface area contributed by atoms with E-state index in [9.17, 15) is 4.79 Å². The molecule has 1 amide bonds. The van der Waals surface area contributed by atoms with Gasteiger partial charge in [0.1, 0.15) is 30.7 Å². The van der Waals surface area contributed by atoms with Crippen molar-refractivity contribution >= 4 is 28.5 Å². The Bertz CT molecular complexity index is 1070. The molecule has 1 saturated heterocycles. The predicted molar refractivity (Wildman–Crippen MR) is 105 cm³/mol. The zero-order valence-corrected chi connectivity index (χ0v) is 16.1. The second kappa shape index (κ2) is 7.23. The van der Waals surface area contributed by atoms with Gasteiger partial charge in [0.05, 0.1) is 11.6 Å². The van der Waals surface area contributed by atoms with Crippen LogP contribution in [0.5, 0.6) is 11.5 Å². The first kappa shape index (κ1) is 17.7. The van der Waals surface area contributed by atoms with Crippen LogP contribution in [-0.4, -0.2) is 47.3 Å². The summed E-state index contributed by atoms with van der Waals surface area (Å²) >= 11 is 0. The van der Waals surface area contributed by atoms with Crippen LogP contribution in [0.4, 0.5) is 11.5 Å². The number of hydrogen-bond acceptors (Lipinski definition) is 8. The van der Waals surface area contributed by atoms with Crippen molar-refractivity contribution in [2.75, 3.05) is 36.5 Å². The second-order valence-electron chi connectivity index (χ2n) is 7.28. The fourth-order valence-electron chi connectivity index (χ4n) is 3.89. The highest BCUT2D eigenvalue weighted by Crippen LogP contribution is 2.33. The van der Waals surface area contributed by atoms with E-state index >= 15 is 0 Å². The van der Waals surface area contributed by atoms with Gasteiger partial charge in [-0.1, -0.05) is 5.16 Å². The van der Waals surface area contributed by atoms with E-state index in [4.69, 9.17) is 14.0 Å². The van der Waals surface area contributed by atoms with Gasteiger partial charge in [-0.05, 0) is 31.9 Å². The number of rotatable bonds is 3. The summed E-state index contributed by atoms with van der Waals surface area (Å²) in [4.78, 5) is 23.6. The summed E-state index contributed by atoms with van der Waals surface area (Å²) in [7, 11) is 0. The average Bonchev–Trinajstić information content (AvgIpc) is 3.15. The SMILES string of the molecule is Cc1noc2ncnc(N3CCC[C@H](C(=O)Nc4ccc5c(c4)OCCO5)C3)c12. The van der Waals surface area contributed by atoms with E-state index in [1.54, 1.807) is 6.07 Å². The largest absolute Gasteiger partial charge is 0.486 e. The Kier molecular flexibility index (Phi) is 4.42. The van der Waals surface area contributed by atoms with Crippen LogP contribution >= 0.6 is 0 Å². The minimum atomic E-state index is -0.151. The van der Waals surface area contributed by atoms with Crippen LogP contribution in [0.25, 0.3) is 11.1 Å². The van der Waals surface area contributed by atoms with Gasteiger partial charge in [0.15, 0.2) is 11.5 Å². The van der Waals surface area contributed by atoms with Crippen molar-refractivity contribution in [3.63, 3.8) is 0 Å². The summed E-state index contributed by atoms with van der Waals surface area (Å²) in [6, 6.07) is 5.46. The maximum absolute atomic E-state index is 12.9. The quantitative estimate of drug-likeness (QED) is 0.722. The van der Waals surface area contributed by atoms with Crippen molar-refractivity contribution in [2.45, 2.75) is 19.8 Å². The lowest BCUT2D eigenvalue weighted by Gasteiger charge is -2.33. The molecule has 1 aromatic carbocycles. The Morgan fingerprint density at radius 2 is 2.07 bits per heavy atom. The third-order valence-electron chi connectivity index (χ3n) is 5.32. The molecule has 0 bridgehead atoms. The van der Waals surface area contributed by atoms with Crippen molar-refractivity contribution in [3.05, 3.63) is 30.2 Å². The summed E-state index contributed by atoms with van der Waals surface area (Å²) in [5.74, 6) is 1.96. The highest BCUT2D eigenvalue weighted by atomic mass is 16.6. The van der Waals surface area contributed by atoms with Gasteiger partial charge in [0.25, 0.3) is 5.71 Å². The van der Waals surface area contributed by atoms with Gasteiger partial charge in [-0.15, -0.1) is 0 Å². The number of carbonyl (C=O) groups is 1. The van der Waals surface area contributed by atoms with Gasteiger partial charge in [0.2, 0.25) is 5.91 Å². The smallest absolute Gasteiger partial charge is 0.263 e. The molecule has 4 heterocycles. The Hall–Kier alpha value is -3.36. The molecule has 3 aromatic rings. The number of benzene rings is 1. The first-order valence-corrected chi connectivity index (χ1v) is 9.71. The molecule has 1 atom stereocenters. The molecular formula is C20H21N5O4. The topological polar surface area (TPSA) is 103 Å². The summed E-state index contributed by atoms with van der Waals surface area (Å²) in [6.45, 7) is 4.32. The van der Waals surface area contributed by atoms with Crippen LogP contribution in [0.1, 0.15) is 18.5 Å². The van der Waals surface area contributed by atoms with Gasteiger partial charge in [-0.2, -0.15) is 4.98 Å². The van der Waals surface area contributed by atoms with E-state index < -0.39 is 0 Å². The molecule has 150 valence electrons. The highest BCUT2D eigenvalue weighted by Gasteiger charge is 2.29. The fourth-order valence-corrected chi connectivity index (χ4v) is 3.89. The number of piperidine rings is 1. The molecule has 2 aliphatic heterocycles. The second-order valence-corrected chi connectivity index (χ2v) is 7.28. The Balaban J connectivity index is 1.33. The van der Waals surface area contributed by atoms with Crippen molar-refractivity contribution in [2.24, 2.45) is 5.92 Å². The zero-order valence-electron chi connectivity index (χ0n) is 16.1. The number of carbonyl (C=O) groups excluding carboxylic acids is 1. The summed E-state index contributed by atoms with van der Waals surface area (Å²) in [5.41, 5.74) is 1.92. The lowest BCUT2D eigenvalue weighted by Crippen LogP contribution is -2.41. The molecule has 9 nitrogen and oxygen atoms in total. The number of anilines is 2. The van der Waals surface area contributed by atoms with Crippen molar-refractivity contribution < 1.29 is 18.8 Å². The molecule has 2 aromatic heterocycles. The minimum Gasteiger partial charge on any atom is -0.486 e. The molecule has 29 heavy (non-hydrogen) atoms. The predicted octanol–water partition coefficient (Wildman–Crippen LogP) is 2.55. The normalized spacial score (nSPS) is 18.7. The van der Waals surface area contributed by atoms with Crippen LogP contribution in [0.15, 0.2) is 29.0 Å². The van der Waals surface area contributed by atoms with E-state index in [0.717, 1.165) is 36.3 Å². The molecule has 2 aliphatic rings. The zero-order chi connectivity index (χ0) is 19.8. The van der Waals surface area contributed by atoms with Gasteiger partial charge in [0, 0.05) is 24.8 Å². The first-order chi connectivity index (χ1) is 14.2. The van der Waals surface area contributed by atoms with Gasteiger partial charge < -0.3 is 24.2 Å². The molecule has 9 heteroatoms. The molecular weight excluding hydrogens is 374 g/mol. The first-order valence-electron chi connectivity index (χ1n) is 9.71. The molecule has 1 N–H and O–H groups in total. The number of aryl methyl sites for hydroxylation is 1. The van der Waals surface area contributed by atoms with E-state index in [-0.39, 0.29) is 11.8 Å². The van der Waals surface area contributed by atoms with Crippen molar-refractivity contribution in [3.8, 4) is 11.5 Å². The average molecular weight is 395 g/mol. The van der Waals surface area contributed by atoms with Crippen LogP contribution in [0, 0.1) is 12.8 Å². The summed E-state index contributed by atoms with van der Waals surface area (Å²) < 4.78 is 16.4. The monoisotopic (exact) mass is 395 g/mol. The van der Waals surface area contributed by atoms with Crippen LogP contribution in [0.3, 0.4) is 0 Å². The molecule has 0 radical (unpaired) electrons. The number of ether oxygens (including phenoxy) is 2. The lowest BCUT2D eigenvalue weighted by atomic mass is 9.96. The van der Waals surface area contributed by atoms with E-state index in [2.05, 4.69) is 25.3 Å². The number of amides is 1.